The second-order valence-corrected chi connectivity index (χ2v) is 7.69. The smallest absolute Gasteiger partial charge is 0.316 e. The largest absolute Gasteiger partial charge is 0.481 e. The SMILES string of the molecule is CCC[C@@H](C)C(=O)O.CCC[C@H](C)C(=O)O.CCOC(=O)C(C)C(=O)c1ccsc1. The van der Waals surface area contributed by atoms with Crippen LogP contribution in [0.5, 0.6) is 0 Å². The molecule has 0 radical (unpaired) electrons. The van der Waals surface area contributed by atoms with Gasteiger partial charge in [0.15, 0.2) is 5.78 Å². The van der Waals surface area contributed by atoms with Crippen molar-refractivity contribution in [1.29, 1.82) is 0 Å². The van der Waals surface area contributed by atoms with E-state index in [9.17, 15) is 19.2 Å². The van der Waals surface area contributed by atoms with E-state index >= 15 is 0 Å². The van der Waals surface area contributed by atoms with Crippen LogP contribution in [0.4, 0.5) is 0 Å². The minimum Gasteiger partial charge on any atom is -0.481 e. The number of carboxylic acid groups (broad SMARTS) is 2. The molecule has 0 amide bonds. The van der Waals surface area contributed by atoms with Crippen molar-refractivity contribution in [3.05, 3.63) is 22.4 Å². The van der Waals surface area contributed by atoms with Crippen LogP contribution >= 0.6 is 11.3 Å². The van der Waals surface area contributed by atoms with Crippen LogP contribution in [0.25, 0.3) is 0 Å². The number of hydrogen-bond donors (Lipinski definition) is 2. The van der Waals surface area contributed by atoms with Crippen molar-refractivity contribution in [3.63, 3.8) is 0 Å². The Morgan fingerprint density at radius 1 is 0.933 bits per heavy atom. The number of carbonyl (C=O) groups is 4. The van der Waals surface area contributed by atoms with Crippen LogP contribution in [0.2, 0.25) is 0 Å². The lowest BCUT2D eigenvalue weighted by Crippen LogP contribution is -2.23. The second kappa shape index (κ2) is 17.6. The molecule has 0 bridgehead atoms. The topological polar surface area (TPSA) is 118 Å². The van der Waals surface area contributed by atoms with E-state index in [1.165, 1.54) is 11.3 Å². The lowest BCUT2D eigenvalue weighted by molar-refractivity contribution is -0.145. The van der Waals surface area contributed by atoms with Gasteiger partial charge in [0.1, 0.15) is 5.92 Å². The molecule has 30 heavy (non-hydrogen) atoms. The highest BCUT2D eigenvalue weighted by Gasteiger charge is 2.23. The number of thiophene rings is 1. The Hall–Kier alpha value is -2.22. The quantitative estimate of drug-likeness (QED) is 0.291. The molecule has 0 spiro atoms. The third kappa shape index (κ3) is 13.9. The van der Waals surface area contributed by atoms with Crippen molar-refractivity contribution >= 4 is 35.0 Å². The molecule has 0 saturated heterocycles. The Kier molecular flexibility index (Phi) is 17.6. The average molecular weight is 445 g/mol. The second-order valence-electron chi connectivity index (χ2n) is 6.91. The first-order valence-corrected chi connectivity index (χ1v) is 11.2. The number of rotatable bonds is 10. The molecule has 8 heteroatoms. The van der Waals surface area contributed by atoms with Crippen LogP contribution in [0, 0.1) is 17.8 Å². The molecule has 1 heterocycles. The summed E-state index contributed by atoms with van der Waals surface area (Å²) in [5.74, 6) is -3.04. The van der Waals surface area contributed by atoms with E-state index in [-0.39, 0.29) is 17.6 Å². The van der Waals surface area contributed by atoms with Crippen molar-refractivity contribution in [2.75, 3.05) is 6.61 Å². The van der Waals surface area contributed by atoms with Gasteiger partial charge in [0.2, 0.25) is 0 Å². The van der Waals surface area contributed by atoms with Gasteiger partial charge in [-0.05, 0) is 38.1 Å². The van der Waals surface area contributed by atoms with E-state index in [1.807, 2.05) is 19.2 Å². The Morgan fingerprint density at radius 2 is 1.40 bits per heavy atom. The molecule has 1 aromatic rings. The van der Waals surface area contributed by atoms with Crippen molar-refractivity contribution in [3.8, 4) is 0 Å². The molecule has 1 unspecified atom stereocenters. The summed E-state index contributed by atoms with van der Waals surface area (Å²) in [5.41, 5.74) is 0.579. The number of ketones is 1. The summed E-state index contributed by atoms with van der Waals surface area (Å²) < 4.78 is 4.77. The van der Waals surface area contributed by atoms with E-state index in [4.69, 9.17) is 14.9 Å². The van der Waals surface area contributed by atoms with Crippen molar-refractivity contribution in [1.82, 2.24) is 0 Å². The van der Waals surface area contributed by atoms with Crippen molar-refractivity contribution < 1.29 is 34.1 Å². The minimum absolute atomic E-state index is 0.167. The van der Waals surface area contributed by atoms with Crippen molar-refractivity contribution in [2.24, 2.45) is 17.8 Å². The third-order valence-electron chi connectivity index (χ3n) is 4.13. The Balaban J connectivity index is 0. The molecule has 3 atom stereocenters. The van der Waals surface area contributed by atoms with Gasteiger partial charge < -0.3 is 14.9 Å². The summed E-state index contributed by atoms with van der Waals surface area (Å²) in [5, 5.41) is 20.2. The molecule has 7 nitrogen and oxygen atoms in total. The third-order valence-corrected chi connectivity index (χ3v) is 4.81. The summed E-state index contributed by atoms with van der Waals surface area (Å²) >= 11 is 1.44. The monoisotopic (exact) mass is 444 g/mol. The van der Waals surface area contributed by atoms with E-state index in [0.29, 0.717) is 12.2 Å². The van der Waals surface area contributed by atoms with Gasteiger partial charge in [0.05, 0.1) is 18.4 Å². The van der Waals surface area contributed by atoms with Gasteiger partial charge in [0.25, 0.3) is 0 Å². The number of aliphatic carboxylic acids is 2. The zero-order valence-corrected chi connectivity index (χ0v) is 19.7. The van der Waals surface area contributed by atoms with Crippen LogP contribution in [-0.4, -0.2) is 40.5 Å². The lowest BCUT2D eigenvalue weighted by Gasteiger charge is -2.07. The molecule has 0 saturated carbocycles. The maximum Gasteiger partial charge on any atom is 0.316 e. The number of ether oxygens (including phenoxy) is 1. The van der Waals surface area contributed by atoms with Crippen LogP contribution in [0.3, 0.4) is 0 Å². The fourth-order valence-corrected chi connectivity index (χ4v) is 2.79. The van der Waals surface area contributed by atoms with Crippen LogP contribution in [-0.2, 0) is 19.1 Å². The zero-order valence-electron chi connectivity index (χ0n) is 18.8. The fraction of sp³-hybridized carbons (Fsp3) is 0.636. The van der Waals surface area contributed by atoms with Gasteiger partial charge in [0, 0.05) is 10.9 Å². The number of carboxylic acids is 2. The normalized spacial score (nSPS) is 12.7. The molecule has 0 aromatic carbocycles. The minimum atomic E-state index is -0.704. The lowest BCUT2D eigenvalue weighted by atomic mass is 10.0. The highest BCUT2D eigenvalue weighted by molar-refractivity contribution is 7.08. The van der Waals surface area contributed by atoms with E-state index < -0.39 is 23.8 Å². The number of carbonyl (C=O) groups excluding carboxylic acids is 2. The Labute approximate surface area is 183 Å². The van der Waals surface area contributed by atoms with Gasteiger partial charge in [-0.2, -0.15) is 11.3 Å². The van der Waals surface area contributed by atoms with Crippen molar-refractivity contribution in [2.45, 2.75) is 67.2 Å². The van der Waals surface area contributed by atoms with Gasteiger partial charge in [-0.25, -0.2) is 0 Å². The summed E-state index contributed by atoms with van der Waals surface area (Å²) in [6, 6.07) is 1.71. The zero-order chi connectivity index (χ0) is 23.7. The number of esters is 1. The first kappa shape index (κ1) is 30.0. The molecular weight excluding hydrogens is 408 g/mol. The maximum atomic E-state index is 11.6. The number of Topliss-reactive ketones (excluding diaryl/α,β-unsaturated/α-hetero) is 1. The first-order chi connectivity index (χ1) is 14.0. The first-order valence-electron chi connectivity index (χ1n) is 10.2. The molecule has 0 aliphatic rings. The van der Waals surface area contributed by atoms with E-state index in [1.54, 1.807) is 39.1 Å². The summed E-state index contributed by atoms with van der Waals surface area (Å²) in [7, 11) is 0. The molecule has 2 N–H and O–H groups in total. The predicted octanol–water partition coefficient (Wildman–Crippen LogP) is 5.14. The summed E-state index contributed by atoms with van der Waals surface area (Å²) in [4.78, 5) is 43.0. The molecule has 0 aliphatic heterocycles. The standard InChI is InChI=1S/C10H12O3S.2C6H12O2/c1-3-13-10(12)7(2)9(11)8-4-5-14-6-8;2*1-3-4-5(2)6(7)8/h4-7H,3H2,1-2H3;2*5H,3-4H2,1-2H3,(H,7,8)/t;2*5-/m.10/s1. The Bertz CT molecular complexity index is 603. The highest BCUT2D eigenvalue weighted by atomic mass is 32.1. The predicted molar refractivity (Wildman–Crippen MR) is 118 cm³/mol. The molecular formula is C22H36O7S. The number of hydrogen-bond acceptors (Lipinski definition) is 6. The molecule has 0 aliphatic carbocycles. The van der Waals surface area contributed by atoms with Gasteiger partial charge in [-0.3, -0.25) is 19.2 Å². The Morgan fingerprint density at radius 3 is 1.67 bits per heavy atom. The molecule has 1 rings (SSSR count). The summed E-state index contributed by atoms with van der Waals surface area (Å²) in [6.07, 6.45) is 3.48. The maximum absolute atomic E-state index is 11.6. The van der Waals surface area contributed by atoms with Crippen LogP contribution < -0.4 is 0 Å². The van der Waals surface area contributed by atoms with Crippen LogP contribution in [0.1, 0.15) is 77.6 Å². The van der Waals surface area contributed by atoms with Gasteiger partial charge in [-0.1, -0.05) is 40.5 Å². The van der Waals surface area contributed by atoms with Gasteiger partial charge in [-0.15, -0.1) is 0 Å². The van der Waals surface area contributed by atoms with Gasteiger partial charge >= 0.3 is 17.9 Å². The highest BCUT2D eigenvalue weighted by Crippen LogP contribution is 2.13. The summed E-state index contributed by atoms with van der Waals surface area (Å²) in [6.45, 7) is 11.0. The molecule has 0 fully saturated rings. The van der Waals surface area contributed by atoms with E-state index in [2.05, 4.69) is 0 Å². The molecule has 172 valence electrons. The van der Waals surface area contributed by atoms with E-state index in [0.717, 1.165) is 25.7 Å². The molecule has 1 aromatic heterocycles. The van der Waals surface area contributed by atoms with Crippen LogP contribution in [0.15, 0.2) is 16.8 Å². The average Bonchev–Trinajstić information content (AvgIpc) is 3.23. The fourth-order valence-electron chi connectivity index (χ4n) is 2.14.